The molecule has 3 rings (SSSR count). The Kier molecular flexibility index (Phi) is 8.52. The average Bonchev–Trinajstić information content (AvgIpc) is 3.26. The molecule has 1 aliphatic rings. The molecule has 1 N–H and O–H groups in total. The molecule has 0 radical (unpaired) electrons. The number of halogens is 1. The summed E-state index contributed by atoms with van der Waals surface area (Å²) in [5.74, 6) is 0.132. The van der Waals surface area contributed by atoms with Crippen LogP contribution in [0.2, 0.25) is 0 Å². The summed E-state index contributed by atoms with van der Waals surface area (Å²) < 4.78 is 13.9. The Morgan fingerprint density at radius 2 is 1.90 bits per heavy atom. The van der Waals surface area contributed by atoms with E-state index in [0.29, 0.717) is 17.9 Å². The third-order valence-electron chi connectivity index (χ3n) is 5.75. The maximum Gasteiger partial charge on any atom is 0.242 e. The molecule has 0 bridgehead atoms. The lowest BCUT2D eigenvalue weighted by Gasteiger charge is -2.30. The highest BCUT2D eigenvalue weighted by Gasteiger charge is 2.28. The smallest absolute Gasteiger partial charge is 0.242 e. The van der Waals surface area contributed by atoms with Crippen molar-refractivity contribution in [1.82, 2.24) is 10.2 Å². The highest BCUT2D eigenvalue weighted by Crippen LogP contribution is 2.20. The summed E-state index contributed by atoms with van der Waals surface area (Å²) in [6.07, 6.45) is 4.28. The number of hydrogen-bond donors (Lipinski definition) is 1. The lowest BCUT2D eigenvalue weighted by molar-refractivity contribution is -0.138. The van der Waals surface area contributed by atoms with E-state index in [1.807, 2.05) is 31.2 Å². The van der Waals surface area contributed by atoms with Crippen molar-refractivity contribution in [2.45, 2.75) is 63.9 Å². The Morgan fingerprint density at radius 3 is 2.61 bits per heavy atom. The van der Waals surface area contributed by atoms with Crippen LogP contribution >= 0.6 is 11.8 Å². The lowest BCUT2D eigenvalue weighted by Crippen LogP contribution is -2.50. The minimum absolute atomic E-state index is 0.105. The number of aryl methyl sites for hydroxylation is 1. The molecule has 166 valence electrons. The van der Waals surface area contributed by atoms with Gasteiger partial charge in [0.2, 0.25) is 11.8 Å². The molecular weight excluding hydrogens is 411 g/mol. The van der Waals surface area contributed by atoms with Crippen LogP contribution in [-0.2, 0) is 21.9 Å². The summed E-state index contributed by atoms with van der Waals surface area (Å²) in [4.78, 5) is 27.6. The van der Waals surface area contributed by atoms with Crippen LogP contribution in [0.5, 0.6) is 0 Å². The summed E-state index contributed by atoms with van der Waals surface area (Å²) in [7, 11) is 0. The van der Waals surface area contributed by atoms with Crippen molar-refractivity contribution in [2.24, 2.45) is 0 Å². The van der Waals surface area contributed by atoms with Crippen molar-refractivity contribution >= 4 is 23.6 Å². The van der Waals surface area contributed by atoms with E-state index in [0.717, 1.165) is 36.8 Å². The van der Waals surface area contributed by atoms with Crippen molar-refractivity contribution in [3.63, 3.8) is 0 Å². The number of thioether (sulfide) groups is 1. The van der Waals surface area contributed by atoms with E-state index < -0.39 is 6.04 Å². The average molecular weight is 443 g/mol. The first-order valence-corrected chi connectivity index (χ1v) is 12.1. The highest BCUT2D eigenvalue weighted by atomic mass is 32.2. The third kappa shape index (κ3) is 6.82. The zero-order valence-electron chi connectivity index (χ0n) is 18.3. The number of carbonyl (C=O) groups excluding carboxylic acids is 2. The molecule has 0 unspecified atom stereocenters. The van der Waals surface area contributed by atoms with Crippen LogP contribution in [0.3, 0.4) is 0 Å². The van der Waals surface area contributed by atoms with E-state index in [4.69, 9.17) is 0 Å². The zero-order valence-corrected chi connectivity index (χ0v) is 19.1. The van der Waals surface area contributed by atoms with E-state index in [9.17, 15) is 14.0 Å². The number of nitrogens with one attached hydrogen (secondary N) is 1. The number of nitrogens with zero attached hydrogens (tertiary/aromatic N) is 1. The molecule has 31 heavy (non-hydrogen) atoms. The predicted octanol–water partition coefficient (Wildman–Crippen LogP) is 4.84. The van der Waals surface area contributed by atoms with E-state index in [1.54, 1.807) is 30.0 Å². The number of hydrogen-bond acceptors (Lipinski definition) is 3. The van der Waals surface area contributed by atoms with Crippen LogP contribution in [0, 0.1) is 12.7 Å². The number of carbonyl (C=O) groups is 2. The van der Waals surface area contributed by atoms with Crippen molar-refractivity contribution in [2.75, 3.05) is 5.75 Å². The molecule has 0 aromatic heterocycles. The monoisotopic (exact) mass is 442 g/mol. The van der Waals surface area contributed by atoms with Crippen LogP contribution in [0.1, 0.15) is 49.3 Å². The fraction of sp³-hybridized carbons (Fsp3) is 0.440. The van der Waals surface area contributed by atoms with Gasteiger partial charge in [-0.3, -0.25) is 9.59 Å². The standard InChI is InChI=1S/C25H31FN2O2S/c1-18-8-7-9-20(14-18)15-28(19(2)25(30)27-22-11-4-5-12-22)24(29)17-31-16-21-10-3-6-13-23(21)26/h3,6-10,13-14,19,22H,4-5,11-12,15-17H2,1-2H3,(H,27,30)/t19-/m0/s1. The summed E-state index contributed by atoms with van der Waals surface area (Å²) in [5.41, 5.74) is 2.69. The van der Waals surface area contributed by atoms with E-state index in [2.05, 4.69) is 5.32 Å². The Labute approximate surface area is 188 Å². The summed E-state index contributed by atoms with van der Waals surface area (Å²) in [6.45, 7) is 4.18. The van der Waals surface area contributed by atoms with Gasteiger partial charge >= 0.3 is 0 Å². The maximum absolute atomic E-state index is 13.9. The Bertz CT molecular complexity index is 899. The van der Waals surface area contributed by atoms with Gasteiger partial charge in [-0.1, -0.05) is 60.9 Å². The second-order valence-corrected chi connectivity index (χ2v) is 9.25. The van der Waals surface area contributed by atoms with Gasteiger partial charge in [0.05, 0.1) is 5.75 Å². The molecule has 0 aliphatic heterocycles. The third-order valence-corrected chi connectivity index (χ3v) is 6.71. The fourth-order valence-electron chi connectivity index (χ4n) is 3.93. The second kappa shape index (κ2) is 11.3. The maximum atomic E-state index is 13.9. The largest absolute Gasteiger partial charge is 0.352 e. The van der Waals surface area contributed by atoms with Gasteiger partial charge in [-0.2, -0.15) is 0 Å². The molecule has 2 aromatic carbocycles. The van der Waals surface area contributed by atoms with Gasteiger partial charge in [0.25, 0.3) is 0 Å². The van der Waals surface area contributed by atoms with Crippen molar-refractivity contribution in [3.05, 3.63) is 71.0 Å². The first kappa shape index (κ1) is 23.3. The van der Waals surface area contributed by atoms with E-state index >= 15 is 0 Å². The van der Waals surface area contributed by atoms with Gasteiger partial charge in [-0.05, 0) is 43.9 Å². The van der Waals surface area contributed by atoms with Gasteiger partial charge in [-0.15, -0.1) is 11.8 Å². The van der Waals surface area contributed by atoms with E-state index in [-0.39, 0.29) is 29.4 Å². The fourth-order valence-corrected chi connectivity index (χ4v) is 4.82. The molecule has 1 atom stereocenters. The minimum atomic E-state index is -0.567. The molecule has 4 nitrogen and oxygen atoms in total. The molecular formula is C25H31FN2O2S. The van der Waals surface area contributed by atoms with Crippen LogP contribution in [0.15, 0.2) is 48.5 Å². The SMILES string of the molecule is Cc1cccc(CN(C(=O)CSCc2ccccc2F)[C@@H](C)C(=O)NC2CCCC2)c1. The van der Waals surface area contributed by atoms with Crippen LogP contribution in [0.4, 0.5) is 4.39 Å². The van der Waals surface area contributed by atoms with Gasteiger partial charge in [0.1, 0.15) is 11.9 Å². The van der Waals surface area contributed by atoms with Gasteiger partial charge in [0, 0.05) is 18.3 Å². The topological polar surface area (TPSA) is 49.4 Å². The Morgan fingerprint density at radius 1 is 1.16 bits per heavy atom. The van der Waals surface area contributed by atoms with Gasteiger partial charge < -0.3 is 10.2 Å². The molecule has 0 heterocycles. The van der Waals surface area contributed by atoms with E-state index in [1.165, 1.54) is 17.8 Å². The molecule has 1 fully saturated rings. The first-order valence-electron chi connectivity index (χ1n) is 10.9. The number of benzene rings is 2. The highest BCUT2D eigenvalue weighted by molar-refractivity contribution is 7.99. The molecule has 6 heteroatoms. The summed E-state index contributed by atoms with van der Waals surface area (Å²) >= 11 is 1.37. The van der Waals surface area contributed by atoms with Crippen LogP contribution < -0.4 is 5.32 Å². The molecule has 1 aliphatic carbocycles. The first-order chi connectivity index (χ1) is 14.9. The van der Waals surface area contributed by atoms with Crippen molar-refractivity contribution in [1.29, 1.82) is 0 Å². The van der Waals surface area contributed by atoms with Crippen LogP contribution in [0.25, 0.3) is 0 Å². The second-order valence-electron chi connectivity index (χ2n) is 8.26. The normalized spacial score (nSPS) is 14.9. The van der Waals surface area contributed by atoms with Crippen LogP contribution in [-0.4, -0.2) is 34.6 Å². The summed E-state index contributed by atoms with van der Waals surface area (Å²) in [6, 6.07) is 14.2. The quantitative estimate of drug-likeness (QED) is 0.604. The molecule has 0 spiro atoms. The number of rotatable bonds is 9. The molecule has 0 saturated heterocycles. The Hall–Kier alpha value is -2.34. The van der Waals surface area contributed by atoms with Gasteiger partial charge in [-0.25, -0.2) is 4.39 Å². The van der Waals surface area contributed by atoms with Gasteiger partial charge in [0.15, 0.2) is 0 Å². The van der Waals surface area contributed by atoms with Crippen molar-refractivity contribution in [3.8, 4) is 0 Å². The predicted molar refractivity (Wildman–Crippen MR) is 124 cm³/mol. The summed E-state index contributed by atoms with van der Waals surface area (Å²) in [5, 5.41) is 3.11. The Balaban J connectivity index is 1.66. The minimum Gasteiger partial charge on any atom is -0.352 e. The molecule has 2 aromatic rings. The molecule has 2 amide bonds. The zero-order chi connectivity index (χ0) is 22.2. The lowest BCUT2D eigenvalue weighted by atomic mass is 10.1. The number of amides is 2. The van der Waals surface area contributed by atoms with Crippen molar-refractivity contribution < 1.29 is 14.0 Å². The molecule has 1 saturated carbocycles.